The van der Waals surface area contributed by atoms with Crippen molar-refractivity contribution in [2.75, 3.05) is 5.32 Å². The van der Waals surface area contributed by atoms with Crippen molar-refractivity contribution in [2.24, 2.45) is 0 Å². The lowest BCUT2D eigenvalue weighted by Gasteiger charge is -2.08. The maximum atomic E-state index is 10.9. The van der Waals surface area contributed by atoms with Gasteiger partial charge in [-0.2, -0.15) is 0 Å². The average Bonchev–Trinajstić information content (AvgIpc) is 2.39. The Morgan fingerprint density at radius 3 is 2.67 bits per heavy atom. The molecule has 2 aromatic carbocycles. The molecule has 0 saturated heterocycles. The van der Waals surface area contributed by atoms with E-state index in [0.717, 1.165) is 12.1 Å². The van der Waals surface area contributed by atoms with Gasteiger partial charge in [0.2, 0.25) is 0 Å². The minimum atomic E-state index is -0.383. The van der Waals surface area contributed by atoms with Crippen molar-refractivity contribution in [1.29, 1.82) is 0 Å². The van der Waals surface area contributed by atoms with Gasteiger partial charge in [0.1, 0.15) is 5.69 Å². The van der Waals surface area contributed by atoms with Gasteiger partial charge in [0.05, 0.1) is 4.92 Å². The molecule has 92 valence electrons. The molecule has 0 spiro atoms. The summed E-state index contributed by atoms with van der Waals surface area (Å²) < 4.78 is 0. The number of rotatable bonds is 4. The maximum Gasteiger partial charge on any atom is 0.292 e. The Morgan fingerprint density at radius 1 is 1.17 bits per heavy atom. The number of anilines is 2. The maximum absolute atomic E-state index is 10.9. The number of aryl methyl sites for hydroxylation is 1. The summed E-state index contributed by atoms with van der Waals surface area (Å²) in [5.74, 6) is 0. The molecule has 18 heavy (non-hydrogen) atoms. The molecule has 0 radical (unpaired) electrons. The quantitative estimate of drug-likeness (QED) is 0.653. The highest BCUT2D eigenvalue weighted by Gasteiger charge is 2.11. The Hall–Kier alpha value is -2.36. The first kappa shape index (κ1) is 12.1. The van der Waals surface area contributed by atoms with Crippen LogP contribution >= 0.6 is 0 Å². The molecule has 0 amide bonds. The van der Waals surface area contributed by atoms with Gasteiger partial charge in [-0.3, -0.25) is 10.1 Å². The third-order valence-corrected chi connectivity index (χ3v) is 2.71. The third-order valence-electron chi connectivity index (χ3n) is 2.71. The fraction of sp³-hybridized carbons (Fsp3) is 0.143. The van der Waals surface area contributed by atoms with Crippen LogP contribution in [0.15, 0.2) is 48.5 Å². The van der Waals surface area contributed by atoms with E-state index in [0.29, 0.717) is 5.69 Å². The Morgan fingerprint density at radius 2 is 1.94 bits per heavy atom. The summed E-state index contributed by atoms with van der Waals surface area (Å²) in [4.78, 5) is 10.5. The van der Waals surface area contributed by atoms with Crippen LogP contribution in [0, 0.1) is 10.1 Å². The Labute approximate surface area is 105 Å². The van der Waals surface area contributed by atoms with Gasteiger partial charge in [0, 0.05) is 11.8 Å². The Kier molecular flexibility index (Phi) is 3.57. The fourth-order valence-electron chi connectivity index (χ4n) is 1.76. The monoisotopic (exact) mass is 242 g/mol. The number of hydrogen-bond donors (Lipinski definition) is 1. The summed E-state index contributed by atoms with van der Waals surface area (Å²) in [6.07, 6.45) is 0.937. The van der Waals surface area contributed by atoms with Crippen molar-refractivity contribution in [3.05, 3.63) is 64.2 Å². The van der Waals surface area contributed by atoms with Gasteiger partial charge in [-0.15, -0.1) is 0 Å². The van der Waals surface area contributed by atoms with E-state index in [1.165, 1.54) is 11.6 Å². The number of para-hydroxylation sites is 2. The zero-order valence-corrected chi connectivity index (χ0v) is 10.1. The number of benzene rings is 2. The molecule has 0 aliphatic carbocycles. The topological polar surface area (TPSA) is 55.2 Å². The SMILES string of the molecule is CCc1cccc(Nc2ccccc2[N+](=O)[O-])c1. The highest BCUT2D eigenvalue weighted by Crippen LogP contribution is 2.27. The molecule has 0 aliphatic heterocycles. The molecule has 2 rings (SSSR count). The van der Waals surface area contributed by atoms with Crippen LogP contribution in [-0.4, -0.2) is 4.92 Å². The highest BCUT2D eigenvalue weighted by atomic mass is 16.6. The fourth-order valence-corrected chi connectivity index (χ4v) is 1.76. The summed E-state index contributed by atoms with van der Waals surface area (Å²) in [5, 5.41) is 14.0. The Bertz CT molecular complexity index is 567. The van der Waals surface area contributed by atoms with Crippen LogP contribution in [0.1, 0.15) is 12.5 Å². The van der Waals surface area contributed by atoms with Gasteiger partial charge in [-0.05, 0) is 30.2 Å². The molecular weight excluding hydrogens is 228 g/mol. The smallest absolute Gasteiger partial charge is 0.292 e. The van der Waals surface area contributed by atoms with Gasteiger partial charge in [0.25, 0.3) is 5.69 Å². The van der Waals surface area contributed by atoms with Crippen molar-refractivity contribution in [2.45, 2.75) is 13.3 Å². The summed E-state index contributed by atoms with van der Waals surface area (Å²) in [6.45, 7) is 2.07. The second-order valence-electron chi connectivity index (χ2n) is 3.95. The van der Waals surface area contributed by atoms with Gasteiger partial charge < -0.3 is 5.32 Å². The van der Waals surface area contributed by atoms with Gasteiger partial charge in [-0.25, -0.2) is 0 Å². The van der Waals surface area contributed by atoms with Gasteiger partial charge in [0.15, 0.2) is 0 Å². The van der Waals surface area contributed by atoms with E-state index in [2.05, 4.69) is 12.2 Å². The van der Waals surface area contributed by atoms with Crippen LogP contribution in [0.4, 0.5) is 17.1 Å². The summed E-state index contributed by atoms with van der Waals surface area (Å²) in [7, 11) is 0. The lowest BCUT2D eigenvalue weighted by Crippen LogP contribution is -1.97. The lowest BCUT2D eigenvalue weighted by molar-refractivity contribution is -0.383. The zero-order valence-electron chi connectivity index (χ0n) is 10.1. The lowest BCUT2D eigenvalue weighted by atomic mass is 10.1. The molecule has 4 nitrogen and oxygen atoms in total. The van der Waals surface area contributed by atoms with E-state index in [9.17, 15) is 10.1 Å². The standard InChI is InChI=1S/C14H14N2O2/c1-2-11-6-5-7-12(10-11)15-13-8-3-4-9-14(13)16(17)18/h3-10,15H,2H2,1H3. The third kappa shape index (κ3) is 2.66. The predicted molar refractivity (Wildman–Crippen MR) is 72.2 cm³/mol. The summed E-state index contributed by atoms with van der Waals surface area (Å²) >= 11 is 0. The summed E-state index contributed by atoms with van der Waals surface area (Å²) in [6, 6.07) is 14.5. The van der Waals surface area contributed by atoms with Crippen molar-refractivity contribution in [3.63, 3.8) is 0 Å². The van der Waals surface area contributed by atoms with Crippen LogP contribution in [0.5, 0.6) is 0 Å². The van der Waals surface area contributed by atoms with Gasteiger partial charge >= 0.3 is 0 Å². The minimum Gasteiger partial charge on any atom is -0.350 e. The summed E-state index contributed by atoms with van der Waals surface area (Å²) in [5.41, 5.74) is 2.65. The second kappa shape index (κ2) is 5.31. The number of nitro groups is 1. The molecule has 0 bridgehead atoms. The largest absolute Gasteiger partial charge is 0.350 e. The number of nitrogens with zero attached hydrogens (tertiary/aromatic N) is 1. The van der Waals surface area contributed by atoms with E-state index in [1.807, 2.05) is 24.3 Å². The molecule has 4 heteroatoms. The van der Waals surface area contributed by atoms with Crippen LogP contribution in [0.2, 0.25) is 0 Å². The van der Waals surface area contributed by atoms with Gasteiger partial charge in [-0.1, -0.05) is 31.2 Å². The van der Waals surface area contributed by atoms with Crippen LogP contribution < -0.4 is 5.32 Å². The molecule has 2 aromatic rings. The molecule has 0 aliphatic rings. The van der Waals surface area contributed by atoms with E-state index in [-0.39, 0.29) is 10.6 Å². The second-order valence-corrected chi connectivity index (χ2v) is 3.95. The first-order valence-electron chi connectivity index (χ1n) is 5.80. The molecular formula is C14H14N2O2. The normalized spacial score (nSPS) is 10.1. The minimum absolute atomic E-state index is 0.0828. The van der Waals surface area contributed by atoms with E-state index < -0.39 is 0 Å². The van der Waals surface area contributed by atoms with E-state index >= 15 is 0 Å². The number of nitrogens with one attached hydrogen (secondary N) is 1. The van der Waals surface area contributed by atoms with Crippen LogP contribution in [-0.2, 0) is 6.42 Å². The first-order chi connectivity index (χ1) is 8.70. The van der Waals surface area contributed by atoms with Crippen molar-refractivity contribution in [3.8, 4) is 0 Å². The van der Waals surface area contributed by atoms with Crippen LogP contribution in [0.3, 0.4) is 0 Å². The molecule has 0 fully saturated rings. The molecule has 0 aromatic heterocycles. The van der Waals surface area contributed by atoms with Crippen molar-refractivity contribution >= 4 is 17.1 Å². The predicted octanol–water partition coefficient (Wildman–Crippen LogP) is 3.90. The molecule has 0 saturated carbocycles. The van der Waals surface area contributed by atoms with Crippen LogP contribution in [0.25, 0.3) is 0 Å². The number of hydrogen-bond acceptors (Lipinski definition) is 3. The van der Waals surface area contributed by atoms with Crippen molar-refractivity contribution in [1.82, 2.24) is 0 Å². The average molecular weight is 242 g/mol. The molecule has 1 N–H and O–H groups in total. The molecule has 0 unspecified atom stereocenters. The van der Waals surface area contributed by atoms with E-state index in [1.54, 1.807) is 18.2 Å². The number of nitro benzene ring substituents is 1. The molecule has 0 atom stereocenters. The zero-order chi connectivity index (χ0) is 13.0. The highest BCUT2D eigenvalue weighted by molar-refractivity contribution is 5.69. The van der Waals surface area contributed by atoms with E-state index in [4.69, 9.17) is 0 Å². The molecule has 0 heterocycles. The van der Waals surface area contributed by atoms with Crippen molar-refractivity contribution < 1.29 is 4.92 Å². The Balaban J connectivity index is 2.31. The first-order valence-corrected chi connectivity index (χ1v) is 5.80.